The van der Waals surface area contributed by atoms with Crippen LogP contribution < -0.4 is 5.48 Å². The van der Waals surface area contributed by atoms with Crippen molar-refractivity contribution >= 4 is 17.9 Å². The second kappa shape index (κ2) is 7.41. The maximum Gasteiger partial charge on any atom is 0.338 e. The zero-order valence-corrected chi connectivity index (χ0v) is 14.1. The summed E-state index contributed by atoms with van der Waals surface area (Å²) in [6.45, 7) is 11.6. The van der Waals surface area contributed by atoms with Crippen LogP contribution in [0.25, 0.3) is 0 Å². The molecule has 7 nitrogen and oxygen atoms in total. The molecule has 1 rings (SSSR count). The molecule has 7 heteroatoms. The number of nitrogens with one attached hydrogen (secondary N) is 1. The molecule has 1 saturated heterocycles. The Hall–Kier alpha value is -2.15. The van der Waals surface area contributed by atoms with Crippen molar-refractivity contribution in [3.05, 3.63) is 23.5 Å². The normalized spacial score (nSPS) is 20.4. The van der Waals surface area contributed by atoms with Gasteiger partial charge in [0.25, 0.3) is 0 Å². The molecule has 0 aliphatic carbocycles. The topological polar surface area (TPSA) is 90.9 Å². The highest BCUT2D eigenvalue weighted by Gasteiger charge is 2.45. The Labute approximate surface area is 135 Å². The van der Waals surface area contributed by atoms with Crippen LogP contribution >= 0.6 is 0 Å². The van der Waals surface area contributed by atoms with Gasteiger partial charge in [-0.2, -0.15) is 0 Å². The quantitative estimate of drug-likeness (QED) is 0.344. The Balaban J connectivity index is 2.72. The zero-order valence-electron chi connectivity index (χ0n) is 14.1. The van der Waals surface area contributed by atoms with Crippen molar-refractivity contribution < 1.29 is 28.7 Å². The zero-order chi connectivity index (χ0) is 17.8. The van der Waals surface area contributed by atoms with Crippen LogP contribution in [0, 0.1) is 5.41 Å². The molecule has 1 heterocycles. The summed E-state index contributed by atoms with van der Waals surface area (Å²) in [5, 5.41) is 0. The third kappa shape index (κ3) is 4.41. The molecule has 23 heavy (non-hydrogen) atoms. The molecule has 0 saturated carbocycles. The fraction of sp³-hybridized carbons (Fsp3) is 0.562. The first-order chi connectivity index (χ1) is 10.6. The average Bonchev–Trinajstić information content (AvgIpc) is 2.71. The van der Waals surface area contributed by atoms with E-state index in [0.29, 0.717) is 6.42 Å². The van der Waals surface area contributed by atoms with Crippen molar-refractivity contribution in [1.29, 1.82) is 0 Å². The van der Waals surface area contributed by atoms with Crippen LogP contribution in [0.3, 0.4) is 0 Å². The molecule has 1 unspecified atom stereocenters. The smallest absolute Gasteiger partial charge is 0.338 e. The van der Waals surface area contributed by atoms with Gasteiger partial charge in [-0.3, -0.25) is 0 Å². The summed E-state index contributed by atoms with van der Waals surface area (Å²) in [6.07, 6.45) is 0.338. The lowest BCUT2D eigenvalue weighted by Crippen LogP contribution is -2.39. The predicted molar refractivity (Wildman–Crippen MR) is 81.7 cm³/mol. The first kappa shape index (κ1) is 18.9. The fourth-order valence-electron chi connectivity index (χ4n) is 1.86. The number of allylic oxidation sites excluding steroid dienone is 1. The summed E-state index contributed by atoms with van der Waals surface area (Å²) in [6, 6.07) is -0.449. The second-order valence-electron chi connectivity index (χ2n) is 5.94. The van der Waals surface area contributed by atoms with Crippen LogP contribution in [0.1, 0.15) is 41.0 Å². The van der Waals surface area contributed by atoms with Crippen molar-refractivity contribution in [1.82, 2.24) is 5.48 Å². The van der Waals surface area contributed by atoms with Gasteiger partial charge in [0.1, 0.15) is 12.4 Å². The molecule has 0 aromatic rings. The third-order valence-corrected chi connectivity index (χ3v) is 3.69. The van der Waals surface area contributed by atoms with E-state index in [0.717, 1.165) is 0 Å². The lowest BCUT2D eigenvalue weighted by Gasteiger charge is -2.20. The van der Waals surface area contributed by atoms with Gasteiger partial charge in [-0.05, 0) is 34.1 Å². The van der Waals surface area contributed by atoms with E-state index in [1.165, 1.54) is 13.8 Å². The summed E-state index contributed by atoms with van der Waals surface area (Å²) in [5.41, 5.74) is 2.24. The van der Waals surface area contributed by atoms with Gasteiger partial charge in [0, 0.05) is 5.57 Å². The van der Waals surface area contributed by atoms with Crippen LogP contribution in [0.4, 0.5) is 0 Å². The minimum atomic E-state index is -0.794. The van der Waals surface area contributed by atoms with E-state index in [-0.39, 0.29) is 23.5 Å². The fourth-order valence-corrected chi connectivity index (χ4v) is 1.86. The molecule has 1 aliphatic heterocycles. The van der Waals surface area contributed by atoms with E-state index in [1.54, 1.807) is 20.8 Å². The van der Waals surface area contributed by atoms with Crippen molar-refractivity contribution in [2.24, 2.45) is 5.41 Å². The number of hydrogen-bond acceptors (Lipinski definition) is 7. The van der Waals surface area contributed by atoms with Crippen LogP contribution in [0.2, 0.25) is 0 Å². The summed E-state index contributed by atoms with van der Waals surface area (Å²) >= 11 is 0. The van der Waals surface area contributed by atoms with Crippen molar-refractivity contribution in [3.8, 4) is 0 Å². The molecule has 0 radical (unpaired) electrons. The SMILES string of the molecule is C=C(C)C(=O)O/C(C)=C(\CC)C(=O)OCC1NOC(=O)C1(C)C. The monoisotopic (exact) mass is 325 g/mol. The van der Waals surface area contributed by atoms with E-state index in [1.807, 2.05) is 0 Å². The van der Waals surface area contributed by atoms with E-state index in [9.17, 15) is 14.4 Å². The molecule has 1 aliphatic rings. The van der Waals surface area contributed by atoms with Crippen LogP contribution in [-0.4, -0.2) is 30.6 Å². The van der Waals surface area contributed by atoms with Crippen molar-refractivity contribution in [2.45, 2.75) is 47.1 Å². The lowest BCUT2D eigenvalue weighted by atomic mass is 9.86. The van der Waals surface area contributed by atoms with E-state index in [4.69, 9.17) is 14.3 Å². The first-order valence-corrected chi connectivity index (χ1v) is 7.32. The van der Waals surface area contributed by atoms with Crippen molar-refractivity contribution in [3.63, 3.8) is 0 Å². The third-order valence-electron chi connectivity index (χ3n) is 3.69. The van der Waals surface area contributed by atoms with E-state index in [2.05, 4.69) is 12.1 Å². The molecular formula is C16H23NO6. The molecular weight excluding hydrogens is 302 g/mol. The molecule has 1 fully saturated rings. The first-order valence-electron chi connectivity index (χ1n) is 7.32. The number of esters is 2. The molecule has 0 bridgehead atoms. The molecule has 0 spiro atoms. The minimum Gasteiger partial charge on any atom is -0.460 e. The Morgan fingerprint density at radius 1 is 1.30 bits per heavy atom. The molecule has 1 N–H and O–H groups in total. The minimum absolute atomic E-state index is 0.0389. The van der Waals surface area contributed by atoms with Gasteiger partial charge in [-0.25, -0.2) is 14.4 Å². The van der Waals surface area contributed by atoms with Crippen LogP contribution in [-0.2, 0) is 28.7 Å². The van der Waals surface area contributed by atoms with Gasteiger partial charge >= 0.3 is 17.9 Å². The number of rotatable bonds is 6. The molecule has 0 amide bonds. The number of hydroxylamine groups is 1. The maximum absolute atomic E-state index is 12.2. The summed E-state index contributed by atoms with van der Waals surface area (Å²) in [5.74, 6) is -1.43. The highest BCUT2D eigenvalue weighted by molar-refractivity contribution is 5.91. The van der Waals surface area contributed by atoms with E-state index < -0.39 is 29.4 Å². The lowest BCUT2D eigenvalue weighted by molar-refractivity contribution is -0.149. The summed E-state index contributed by atoms with van der Waals surface area (Å²) in [7, 11) is 0. The molecule has 0 aromatic heterocycles. The van der Waals surface area contributed by atoms with E-state index >= 15 is 0 Å². The highest BCUT2D eigenvalue weighted by Crippen LogP contribution is 2.28. The summed E-state index contributed by atoms with van der Waals surface area (Å²) < 4.78 is 10.3. The Kier molecular flexibility index (Phi) is 6.09. The van der Waals surface area contributed by atoms with Crippen LogP contribution in [0.15, 0.2) is 23.5 Å². The van der Waals surface area contributed by atoms with Crippen molar-refractivity contribution in [2.75, 3.05) is 6.61 Å². The standard InChI is InChI=1S/C16H23NO6/c1-7-11(10(4)22-13(18)9(2)3)14(19)21-8-12-16(5,6)15(20)23-17-12/h12,17H,2,7-8H2,1,3-6H3/b11-10+. The van der Waals surface area contributed by atoms with Gasteiger partial charge < -0.3 is 14.3 Å². The van der Waals surface area contributed by atoms with Gasteiger partial charge in [0.15, 0.2) is 0 Å². The maximum atomic E-state index is 12.2. The largest absolute Gasteiger partial charge is 0.460 e. The molecule has 1 atom stereocenters. The highest BCUT2D eigenvalue weighted by atomic mass is 16.7. The summed E-state index contributed by atoms with van der Waals surface area (Å²) in [4.78, 5) is 40.0. The second-order valence-corrected chi connectivity index (χ2v) is 5.94. The van der Waals surface area contributed by atoms with Gasteiger partial charge in [-0.1, -0.05) is 13.5 Å². The predicted octanol–water partition coefficient (Wildman–Crippen LogP) is 1.79. The number of hydrogen-bond donors (Lipinski definition) is 1. The number of ether oxygens (including phenoxy) is 2. The van der Waals surface area contributed by atoms with Gasteiger partial charge in [-0.15, -0.1) is 5.48 Å². The van der Waals surface area contributed by atoms with Gasteiger partial charge in [0.2, 0.25) is 0 Å². The molecule has 128 valence electrons. The molecule has 0 aromatic carbocycles. The Morgan fingerprint density at radius 2 is 1.91 bits per heavy atom. The number of carbonyl (C=O) groups excluding carboxylic acids is 3. The van der Waals surface area contributed by atoms with Gasteiger partial charge in [0.05, 0.1) is 17.0 Å². The Bertz CT molecular complexity index is 561. The van der Waals surface area contributed by atoms with Crippen LogP contribution in [0.5, 0.6) is 0 Å². The average molecular weight is 325 g/mol. The Morgan fingerprint density at radius 3 is 2.35 bits per heavy atom. The number of carbonyl (C=O) groups is 3.